The summed E-state index contributed by atoms with van der Waals surface area (Å²) in [6.07, 6.45) is 8.05. The normalized spacial score (nSPS) is 11.7. The van der Waals surface area contributed by atoms with E-state index in [2.05, 4.69) is 50.3 Å². The van der Waals surface area contributed by atoms with Gasteiger partial charge in [0.15, 0.2) is 0 Å². The van der Waals surface area contributed by atoms with Crippen LogP contribution in [0.15, 0.2) is 78.9 Å². The maximum absolute atomic E-state index is 4.91. The quantitative estimate of drug-likeness (QED) is 0.327. The molecule has 0 radical (unpaired) electrons. The molecule has 8 bridgehead atoms. The summed E-state index contributed by atoms with van der Waals surface area (Å²) < 4.78 is 4.91. The van der Waals surface area contributed by atoms with Gasteiger partial charge in [-0.2, -0.15) is 0 Å². The van der Waals surface area contributed by atoms with Crippen molar-refractivity contribution in [1.82, 2.24) is 19.9 Å². The maximum Gasteiger partial charge on any atom is 0.118 e. The number of aromatic amines is 2. The number of H-pyrrole nitrogens is 2. The van der Waals surface area contributed by atoms with Crippen LogP contribution in [0, 0.1) is 0 Å². The van der Waals surface area contributed by atoms with E-state index in [1.165, 1.54) is 0 Å². The van der Waals surface area contributed by atoms with Crippen molar-refractivity contribution in [2.45, 2.75) is 0 Å². The van der Waals surface area contributed by atoms with Gasteiger partial charge in [0.1, 0.15) is 5.75 Å². The van der Waals surface area contributed by atoms with E-state index >= 15 is 0 Å². The topological polar surface area (TPSA) is 66.6 Å². The highest BCUT2D eigenvalue weighted by Gasteiger charge is 2.02. The van der Waals surface area contributed by atoms with Gasteiger partial charge in [0.2, 0.25) is 0 Å². The van der Waals surface area contributed by atoms with Gasteiger partial charge < -0.3 is 14.7 Å². The van der Waals surface area contributed by atoms with E-state index in [-0.39, 0.29) is 0 Å². The molecule has 0 fully saturated rings. The average molecular weight is 419 g/mol. The number of aromatic nitrogens is 4. The zero-order chi connectivity index (χ0) is 21.8. The van der Waals surface area contributed by atoms with E-state index in [9.17, 15) is 0 Å². The maximum atomic E-state index is 4.91. The van der Waals surface area contributed by atoms with Gasteiger partial charge in [0.05, 0.1) is 29.9 Å². The Kier molecular flexibility index (Phi) is 5.37. The molecule has 0 aliphatic carbocycles. The number of nitrogens with zero attached hydrogens (tertiary/aromatic N) is 2. The predicted octanol–water partition coefficient (Wildman–Crippen LogP) is 6.35. The van der Waals surface area contributed by atoms with E-state index in [4.69, 9.17) is 4.74 Å². The zero-order valence-corrected chi connectivity index (χ0v) is 17.6. The molecule has 5 heteroatoms. The summed E-state index contributed by atoms with van der Waals surface area (Å²) in [7, 11) is 1.66. The Morgan fingerprint density at radius 1 is 0.531 bits per heavy atom. The molecule has 156 valence electrons. The minimum atomic E-state index is 0.910. The van der Waals surface area contributed by atoms with E-state index in [1.807, 2.05) is 72.8 Å². The number of methoxy groups -OCH3 is 1. The molecule has 0 saturated carbocycles. The first-order valence-corrected chi connectivity index (χ1v) is 10.4. The number of para-hydroxylation sites is 1. The Bertz CT molecular complexity index is 1370. The van der Waals surface area contributed by atoms with Gasteiger partial charge in [-0.15, -0.1) is 0 Å². The molecule has 2 aliphatic rings. The summed E-state index contributed by atoms with van der Waals surface area (Å²) >= 11 is 0. The molecule has 6 rings (SSSR count). The van der Waals surface area contributed by atoms with Crippen molar-refractivity contribution < 1.29 is 4.74 Å². The predicted molar refractivity (Wildman–Crippen MR) is 132 cm³/mol. The van der Waals surface area contributed by atoms with Crippen molar-refractivity contribution in [3.05, 3.63) is 102 Å². The highest BCUT2D eigenvalue weighted by molar-refractivity contribution is 5.77. The molecule has 5 heterocycles. The average Bonchev–Trinajstić information content (AvgIpc) is 3.61. The Hall–Kier alpha value is -4.38. The molecule has 32 heavy (non-hydrogen) atoms. The number of fused-ring (bicyclic) bond motifs is 8. The van der Waals surface area contributed by atoms with Crippen LogP contribution in [0.25, 0.3) is 46.4 Å². The zero-order valence-electron chi connectivity index (χ0n) is 17.6. The van der Waals surface area contributed by atoms with Crippen molar-refractivity contribution in [3.8, 4) is 5.75 Å². The highest BCUT2D eigenvalue weighted by atomic mass is 16.5. The largest absolute Gasteiger partial charge is 0.497 e. The Morgan fingerprint density at radius 3 is 1.41 bits per heavy atom. The summed E-state index contributed by atoms with van der Waals surface area (Å²) in [6, 6.07) is 26.1. The summed E-state index contributed by atoms with van der Waals surface area (Å²) in [5.41, 5.74) is 7.86. The fourth-order valence-corrected chi connectivity index (χ4v) is 3.50. The second-order valence-electron chi connectivity index (χ2n) is 7.42. The molecule has 4 aromatic rings. The standard InChI is InChI=1S/C20H14N4.C7H8O/c1-2-14-10-16-5-6-18(23-16)12-20-8-7-19(24-20)11-17-4-3-15(22-17)9-13(1)21-14;1-8-7-5-3-2-4-6-7/h1-12,21-22H;2-6H,1H3. The van der Waals surface area contributed by atoms with Gasteiger partial charge in [0.25, 0.3) is 0 Å². The van der Waals surface area contributed by atoms with Crippen LogP contribution in [0.5, 0.6) is 5.75 Å². The van der Waals surface area contributed by atoms with Crippen LogP contribution < -0.4 is 4.74 Å². The Morgan fingerprint density at radius 2 is 0.969 bits per heavy atom. The molecule has 1 aromatic carbocycles. The molecule has 0 amide bonds. The van der Waals surface area contributed by atoms with Gasteiger partial charge in [-0.25, -0.2) is 9.97 Å². The fourth-order valence-electron chi connectivity index (χ4n) is 3.50. The minimum Gasteiger partial charge on any atom is -0.497 e. The Balaban J connectivity index is 0.000000230. The van der Waals surface area contributed by atoms with Crippen LogP contribution in [-0.2, 0) is 0 Å². The van der Waals surface area contributed by atoms with E-state index < -0.39 is 0 Å². The first kappa shape index (κ1) is 19.6. The number of benzene rings is 1. The molecule has 2 aliphatic heterocycles. The van der Waals surface area contributed by atoms with E-state index in [0.717, 1.165) is 50.6 Å². The third-order valence-corrected chi connectivity index (χ3v) is 5.02. The third kappa shape index (κ3) is 4.68. The monoisotopic (exact) mass is 418 g/mol. The van der Waals surface area contributed by atoms with Crippen LogP contribution >= 0.6 is 0 Å². The number of ether oxygens (including phenoxy) is 1. The van der Waals surface area contributed by atoms with Crippen molar-refractivity contribution in [1.29, 1.82) is 0 Å². The molecule has 0 spiro atoms. The van der Waals surface area contributed by atoms with Crippen molar-refractivity contribution in [2.24, 2.45) is 0 Å². The second-order valence-corrected chi connectivity index (χ2v) is 7.42. The SMILES string of the molecule is C1=Cc2cc3ccc(cc4ccc(cc5nc(cc1n2)C=C5)[nH]4)[nH]3.COc1ccccc1. The van der Waals surface area contributed by atoms with Crippen LogP contribution in [0.4, 0.5) is 0 Å². The number of hydrogen-bond acceptors (Lipinski definition) is 3. The van der Waals surface area contributed by atoms with Gasteiger partial charge in [0, 0.05) is 22.1 Å². The lowest BCUT2D eigenvalue weighted by molar-refractivity contribution is 0.415. The second kappa shape index (κ2) is 8.78. The smallest absolute Gasteiger partial charge is 0.118 e. The van der Waals surface area contributed by atoms with Crippen LogP contribution in [0.3, 0.4) is 0 Å². The molecule has 3 aromatic heterocycles. The fraction of sp³-hybridized carbons (Fsp3) is 0.0370. The van der Waals surface area contributed by atoms with Gasteiger partial charge >= 0.3 is 0 Å². The summed E-state index contributed by atoms with van der Waals surface area (Å²) in [5, 5.41) is 0. The van der Waals surface area contributed by atoms with E-state index in [0.29, 0.717) is 0 Å². The number of nitrogens with one attached hydrogen (secondary N) is 2. The van der Waals surface area contributed by atoms with Crippen LogP contribution in [0.1, 0.15) is 22.8 Å². The van der Waals surface area contributed by atoms with Crippen molar-refractivity contribution in [2.75, 3.05) is 7.11 Å². The van der Waals surface area contributed by atoms with Crippen LogP contribution in [0.2, 0.25) is 0 Å². The molecular weight excluding hydrogens is 396 g/mol. The van der Waals surface area contributed by atoms with Crippen molar-refractivity contribution >= 4 is 46.4 Å². The lowest BCUT2D eigenvalue weighted by atomic mass is 10.3. The van der Waals surface area contributed by atoms with Gasteiger partial charge in [-0.1, -0.05) is 18.2 Å². The molecule has 0 saturated heterocycles. The first-order valence-electron chi connectivity index (χ1n) is 10.4. The molecular formula is C27H22N4O. The molecule has 0 atom stereocenters. The molecule has 2 N–H and O–H groups in total. The summed E-state index contributed by atoms with van der Waals surface area (Å²) in [4.78, 5) is 16.0. The molecule has 0 unspecified atom stereocenters. The minimum absolute atomic E-state index is 0.910. The summed E-state index contributed by atoms with van der Waals surface area (Å²) in [5.74, 6) is 0.910. The Labute approximate surface area is 185 Å². The van der Waals surface area contributed by atoms with Crippen molar-refractivity contribution in [3.63, 3.8) is 0 Å². The lowest BCUT2D eigenvalue weighted by Crippen LogP contribution is -1.78. The lowest BCUT2D eigenvalue weighted by Gasteiger charge is -1.93. The van der Waals surface area contributed by atoms with Gasteiger partial charge in [-0.05, 0) is 85.0 Å². The summed E-state index contributed by atoms with van der Waals surface area (Å²) in [6.45, 7) is 0. The number of hydrogen-bond donors (Lipinski definition) is 2. The van der Waals surface area contributed by atoms with E-state index in [1.54, 1.807) is 7.11 Å². The number of rotatable bonds is 1. The third-order valence-electron chi connectivity index (χ3n) is 5.02. The molecule has 5 nitrogen and oxygen atoms in total. The van der Waals surface area contributed by atoms with Crippen LogP contribution in [-0.4, -0.2) is 27.0 Å². The van der Waals surface area contributed by atoms with Gasteiger partial charge in [-0.3, -0.25) is 0 Å². The first-order chi connectivity index (χ1) is 15.7. The highest BCUT2D eigenvalue weighted by Crippen LogP contribution is 2.17.